The van der Waals surface area contributed by atoms with Gasteiger partial charge in [0.15, 0.2) is 4.96 Å². The number of nitrogens with one attached hydrogen (secondary N) is 1. The Hall–Kier alpha value is -2.58. The van der Waals surface area contributed by atoms with Crippen LogP contribution in [0.4, 0.5) is 5.82 Å². The van der Waals surface area contributed by atoms with E-state index < -0.39 is 0 Å². The molecule has 7 nitrogen and oxygen atoms in total. The Labute approximate surface area is 167 Å². The molecule has 28 heavy (non-hydrogen) atoms. The smallest absolute Gasteiger partial charge is 0.259 e. The predicted octanol–water partition coefficient (Wildman–Crippen LogP) is 2.62. The third-order valence-corrected chi connectivity index (χ3v) is 6.17. The van der Waals surface area contributed by atoms with Crippen molar-refractivity contribution in [2.45, 2.75) is 33.2 Å². The summed E-state index contributed by atoms with van der Waals surface area (Å²) in [5.74, 6) is 0.658. The van der Waals surface area contributed by atoms with Gasteiger partial charge in [0.2, 0.25) is 5.91 Å². The highest BCUT2D eigenvalue weighted by molar-refractivity contribution is 7.15. The molecular weight excluding hydrogens is 374 g/mol. The Morgan fingerprint density at radius 3 is 2.86 bits per heavy atom. The number of hydrogen-bond donors (Lipinski definition) is 1. The fourth-order valence-electron chi connectivity index (χ4n) is 3.60. The molecule has 4 rings (SSSR count). The minimum atomic E-state index is -0.0289. The molecule has 1 amide bonds. The van der Waals surface area contributed by atoms with Gasteiger partial charge in [0, 0.05) is 35.8 Å². The first-order valence-electron chi connectivity index (χ1n) is 9.43. The van der Waals surface area contributed by atoms with Crippen LogP contribution in [-0.4, -0.2) is 38.3 Å². The van der Waals surface area contributed by atoms with Crippen LogP contribution in [0.1, 0.15) is 29.8 Å². The van der Waals surface area contributed by atoms with Gasteiger partial charge in [-0.05, 0) is 51.4 Å². The van der Waals surface area contributed by atoms with Crippen molar-refractivity contribution in [3.8, 4) is 0 Å². The Morgan fingerprint density at radius 2 is 2.11 bits per heavy atom. The largest absolute Gasteiger partial charge is 0.310 e. The van der Waals surface area contributed by atoms with E-state index in [-0.39, 0.29) is 17.4 Å². The normalized spacial score (nSPS) is 15.8. The van der Waals surface area contributed by atoms with E-state index in [9.17, 15) is 9.59 Å². The number of amides is 1. The number of aromatic nitrogens is 3. The van der Waals surface area contributed by atoms with E-state index in [0.29, 0.717) is 12.4 Å². The van der Waals surface area contributed by atoms with Crippen LogP contribution < -0.4 is 10.9 Å². The van der Waals surface area contributed by atoms with Gasteiger partial charge in [-0.15, -0.1) is 11.3 Å². The van der Waals surface area contributed by atoms with Crippen molar-refractivity contribution in [3.63, 3.8) is 0 Å². The van der Waals surface area contributed by atoms with Crippen LogP contribution in [0.2, 0.25) is 0 Å². The van der Waals surface area contributed by atoms with Gasteiger partial charge < -0.3 is 5.32 Å². The van der Waals surface area contributed by atoms with Gasteiger partial charge in [0.05, 0.1) is 5.69 Å². The van der Waals surface area contributed by atoms with Gasteiger partial charge in [0.1, 0.15) is 5.82 Å². The van der Waals surface area contributed by atoms with Crippen molar-refractivity contribution in [2.24, 2.45) is 5.92 Å². The van der Waals surface area contributed by atoms with Crippen molar-refractivity contribution in [1.82, 2.24) is 19.3 Å². The van der Waals surface area contributed by atoms with Crippen molar-refractivity contribution in [1.29, 1.82) is 0 Å². The molecule has 0 radical (unpaired) electrons. The fraction of sp³-hybridized carbons (Fsp3) is 0.400. The first-order chi connectivity index (χ1) is 13.5. The number of nitrogens with zero attached hydrogens (tertiary/aromatic N) is 4. The van der Waals surface area contributed by atoms with Crippen LogP contribution in [0, 0.1) is 19.8 Å². The molecule has 0 aliphatic carbocycles. The molecule has 0 saturated carbocycles. The van der Waals surface area contributed by atoms with Crippen LogP contribution in [0.25, 0.3) is 4.96 Å². The highest BCUT2D eigenvalue weighted by atomic mass is 32.1. The summed E-state index contributed by atoms with van der Waals surface area (Å²) in [7, 11) is 0. The molecule has 4 heterocycles. The summed E-state index contributed by atoms with van der Waals surface area (Å²) < 4.78 is 1.64. The number of piperidine rings is 1. The minimum Gasteiger partial charge on any atom is -0.310 e. The maximum Gasteiger partial charge on any atom is 0.259 e. The average molecular weight is 398 g/mol. The van der Waals surface area contributed by atoms with Crippen LogP contribution in [-0.2, 0) is 11.3 Å². The Morgan fingerprint density at radius 1 is 1.32 bits per heavy atom. The summed E-state index contributed by atoms with van der Waals surface area (Å²) in [5.41, 5.74) is 2.64. The third-order valence-electron chi connectivity index (χ3n) is 5.22. The van der Waals surface area contributed by atoms with Crippen LogP contribution in [0.15, 0.2) is 34.6 Å². The van der Waals surface area contributed by atoms with E-state index >= 15 is 0 Å². The highest BCUT2D eigenvalue weighted by Gasteiger charge is 2.26. The van der Waals surface area contributed by atoms with E-state index in [0.717, 1.165) is 47.8 Å². The molecule has 0 bridgehead atoms. The van der Waals surface area contributed by atoms with Crippen molar-refractivity contribution >= 4 is 28.0 Å². The maximum absolute atomic E-state index is 12.6. The molecule has 0 aromatic carbocycles. The number of thiazole rings is 1. The molecule has 1 aliphatic rings. The topological polar surface area (TPSA) is 79.6 Å². The summed E-state index contributed by atoms with van der Waals surface area (Å²) >= 11 is 1.49. The van der Waals surface area contributed by atoms with Crippen LogP contribution >= 0.6 is 11.3 Å². The maximum atomic E-state index is 12.6. The number of rotatable bonds is 4. The quantitative estimate of drug-likeness (QED) is 0.732. The zero-order valence-electron chi connectivity index (χ0n) is 16.0. The number of pyridine rings is 1. The van der Waals surface area contributed by atoms with Crippen molar-refractivity contribution in [2.75, 3.05) is 18.4 Å². The van der Waals surface area contributed by atoms with E-state index in [1.54, 1.807) is 16.7 Å². The van der Waals surface area contributed by atoms with E-state index in [2.05, 4.69) is 20.2 Å². The Bertz CT molecular complexity index is 1070. The number of hydrogen-bond acceptors (Lipinski definition) is 6. The molecular formula is C20H23N5O2S. The molecule has 146 valence electrons. The lowest BCUT2D eigenvalue weighted by atomic mass is 9.95. The Balaban J connectivity index is 1.36. The molecule has 1 N–H and O–H groups in total. The molecule has 8 heteroatoms. The zero-order valence-corrected chi connectivity index (χ0v) is 16.8. The Kier molecular flexibility index (Phi) is 5.23. The second-order valence-corrected chi connectivity index (χ2v) is 8.13. The summed E-state index contributed by atoms with van der Waals surface area (Å²) in [4.78, 5) is 36.7. The lowest BCUT2D eigenvalue weighted by molar-refractivity contribution is -0.121. The minimum absolute atomic E-state index is 0.0151. The summed E-state index contributed by atoms with van der Waals surface area (Å²) in [6.07, 6.45) is 3.26. The van der Waals surface area contributed by atoms with Gasteiger partial charge in [0.25, 0.3) is 5.56 Å². The van der Waals surface area contributed by atoms with E-state index in [4.69, 9.17) is 0 Å². The molecule has 0 atom stereocenters. The molecule has 1 saturated heterocycles. The molecule has 1 fully saturated rings. The number of carbonyl (C=O) groups excluding carboxylic acids is 1. The molecule has 0 unspecified atom stereocenters. The van der Waals surface area contributed by atoms with Crippen molar-refractivity contribution < 1.29 is 4.79 Å². The average Bonchev–Trinajstić information content (AvgIpc) is 3.05. The first kappa shape index (κ1) is 18.8. The van der Waals surface area contributed by atoms with E-state index in [1.165, 1.54) is 11.3 Å². The summed E-state index contributed by atoms with van der Waals surface area (Å²) in [5, 5.41) is 4.90. The zero-order chi connectivity index (χ0) is 19.7. The van der Waals surface area contributed by atoms with Gasteiger partial charge in [-0.1, -0.05) is 6.07 Å². The molecule has 1 aliphatic heterocycles. The second-order valence-electron chi connectivity index (χ2n) is 7.29. The lowest BCUT2D eigenvalue weighted by Crippen LogP contribution is -2.38. The monoisotopic (exact) mass is 397 g/mol. The number of likely N-dealkylation sites (tertiary alicyclic amines) is 1. The fourth-order valence-corrected chi connectivity index (χ4v) is 4.49. The van der Waals surface area contributed by atoms with Crippen LogP contribution in [0.3, 0.4) is 0 Å². The molecule has 3 aromatic heterocycles. The number of anilines is 1. The molecule has 0 spiro atoms. The summed E-state index contributed by atoms with van der Waals surface area (Å²) in [6, 6.07) is 5.42. The second kappa shape index (κ2) is 7.81. The molecule has 3 aromatic rings. The number of aryl methyl sites for hydroxylation is 2. The number of fused-ring (bicyclic) bond motifs is 1. The SMILES string of the molecule is Cc1cccnc1NC(=O)C1CCN(Cc2cc(=O)n3c(C)csc3n2)CC1. The van der Waals surface area contributed by atoms with Gasteiger partial charge in [-0.25, -0.2) is 9.97 Å². The van der Waals surface area contributed by atoms with E-state index in [1.807, 2.05) is 31.4 Å². The predicted molar refractivity (Wildman–Crippen MR) is 110 cm³/mol. The summed E-state index contributed by atoms with van der Waals surface area (Å²) in [6.45, 7) is 6.10. The van der Waals surface area contributed by atoms with Gasteiger partial charge in [-0.3, -0.25) is 18.9 Å². The first-order valence-corrected chi connectivity index (χ1v) is 10.3. The van der Waals surface area contributed by atoms with Crippen molar-refractivity contribution in [3.05, 3.63) is 57.1 Å². The lowest BCUT2D eigenvalue weighted by Gasteiger charge is -2.30. The van der Waals surface area contributed by atoms with Crippen LogP contribution in [0.5, 0.6) is 0 Å². The van der Waals surface area contributed by atoms with Gasteiger partial charge >= 0.3 is 0 Å². The highest BCUT2D eigenvalue weighted by Crippen LogP contribution is 2.21. The number of carbonyl (C=O) groups is 1. The van der Waals surface area contributed by atoms with Gasteiger partial charge in [-0.2, -0.15) is 0 Å². The third kappa shape index (κ3) is 3.83. The standard InChI is InChI=1S/C20H23N5O2S/c1-13-4-3-7-21-18(13)23-19(27)15-5-8-24(9-6-15)11-16-10-17(26)25-14(2)12-28-20(25)22-16/h3-4,7,10,12,15H,5-6,8-9,11H2,1-2H3,(H,21,23,27).